The van der Waals surface area contributed by atoms with E-state index >= 15 is 0 Å². The highest BCUT2D eigenvalue weighted by atomic mass is 16.3. The van der Waals surface area contributed by atoms with Gasteiger partial charge in [0, 0.05) is 17.8 Å². The predicted octanol–water partition coefficient (Wildman–Crippen LogP) is 3.02. The third-order valence-corrected chi connectivity index (χ3v) is 3.16. The van der Waals surface area contributed by atoms with Gasteiger partial charge in [-0.3, -0.25) is 9.97 Å². The molecule has 0 saturated heterocycles. The second-order valence-electron chi connectivity index (χ2n) is 4.62. The van der Waals surface area contributed by atoms with E-state index in [4.69, 9.17) is 0 Å². The minimum absolute atomic E-state index is 0.662. The Bertz CT molecular complexity index is 725. The van der Waals surface area contributed by atoms with Gasteiger partial charge in [-0.25, -0.2) is 0 Å². The fourth-order valence-electron chi connectivity index (χ4n) is 2.13. The van der Waals surface area contributed by atoms with Crippen molar-refractivity contribution in [1.29, 1.82) is 0 Å². The molecule has 94 valence electrons. The number of fused-ring (bicyclic) bond motifs is 1. The van der Waals surface area contributed by atoms with E-state index in [9.17, 15) is 5.11 Å². The second-order valence-corrected chi connectivity index (χ2v) is 4.62. The van der Waals surface area contributed by atoms with Gasteiger partial charge in [-0.15, -0.1) is 0 Å². The summed E-state index contributed by atoms with van der Waals surface area (Å²) in [6.45, 7) is 1.99. The molecule has 1 N–H and O–H groups in total. The number of nitrogens with zero attached hydrogens (tertiary/aromatic N) is 2. The molecule has 1 aromatic carbocycles. The third-order valence-electron chi connectivity index (χ3n) is 3.16. The Balaban J connectivity index is 2.04. The summed E-state index contributed by atoms with van der Waals surface area (Å²) in [5, 5.41) is 11.5. The molecule has 0 bridgehead atoms. The van der Waals surface area contributed by atoms with Crippen LogP contribution in [0.5, 0.6) is 0 Å². The summed E-state index contributed by atoms with van der Waals surface area (Å²) < 4.78 is 0. The molecule has 3 heteroatoms. The minimum Gasteiger partial charge on any atom is -0.382 e. The van der Waals surface area contributed by atoms with E-state index in [1.165, 1.54) is 0 Å². The summed E-state index contributed by atoms with van der Waals surface area (Å²) in [5.41, 5.74) is 3.44. The molecule has 0 saturated carbocycles. The van der Waals surface area contributed by atoms with Crippen LogP contribution in [0.3, 0.4) is 0 Å². The molecule has 1 unspecified atom stereocenters. The van der Waals surface area contributed by atoms with Crippen molar-refractivity contribution >= 4 is 10.9 Å². The number of rotatable bonds is 2. The lowest BCUT2D eigenvalue weighted by Gasteiger charge is -2.11. The van der Waals surface area contributed by atoms with Crippen molar-refractivity contribution in [2.75, 3.05) is 0 Å². The summed E-state index contributed by atoms with van der Waals surface area (Å²) in [4.78, 5) is 8.53. The van der Waals surface area contributed by atoms with Crippen molar-refractivity contribution in [2.45, 2.75) is 13.0 Å². The zero-order valence-corrected chi connectivity index (χ0v) is 10.6. The van der Waals surface area contributed by atoms with Crippen molar-refractivity contribution in [3.8, 4) is 0 Å². The molecular weight excluding hydrogens is 236 g/mol. The number of benzene rings is 1. The maximum Gasteiger partial charge on any atom is 0.121 e. The molecule has 1 atom stereocenters. The number of aromatic nitrogens is 2. The van der Waals surface area contributed by atoms with Gasteiger partial charge in [0.15, 0.2) is 0 Å². The van der Waals surface area contributed by atoms with Crippen LogP contribution in [-0.2, 0) is 0 Å². The third kappa shape index (κ3) is 2.33. The van der Waals surface area contributed by atoms with Crippen molar-refractivity contribution in [3.63, 3.8) is 0 Å². The fourth-order valence-corrected chi connectivity index (χ4v) is 2.13. The van der Waals surface area contributed by atoms with Crippen LogP contribution < -0.4 is 0 Å². The van der Waals surface area contributed by atoms with Crippen LogP contribution in [0.1, 0.15) is 22.9 Å². The number of hydrogen-bond acceptors (Lipinski definition) is 3. The lowest BCUT2D eigenvalue weighted by Crippen LogP contribution is -2.02. The van der Waals surface area contributed by atoms with Gasteiger partial charge >= 0.3 is 0 Å². The molecule has 0 radical (unpaired) electrons. The van der Waals surface area contributed by atoms with E-state index in [1.807, 2.05) is 49.4 Å². The molecule has 0 aliphatic rings. The van der Waals surface area contributed by atoms with E-state index in [0.29, 0.717) is 5.69 Å². The Morgan fingerprint density at radius 1 is 1.00 bits per heavy atom. The Kier molecular flexibility index (Phi) is 2.97. The Morgan fingerprint density at radius 3 is 2.74 bits per heavy atom. The summed E-state index contributed by atoms with van der Waals surface area (Å²) in [6, 6.07) is 13.5. The Morgan fingerprint density at radius 2 is 1.89 bits per heavy atom. The van der Waals surface area contributed by atoms with Crippen LogP contribution in [0.2, 0.25) is 0 Å². The van der Waals surface area contributed by atoms with Crippen LogP contribution in [0.15, 0.2) is 54.9 Å². The van der Waals surface area contributed by atoms with Crippen LogP contribution in [0.25, 0.3) is 10.9 Å². The van der Waals surface area contributed by atoms with E-state index in [1.54, 1.807) is 12.4 Å². The average Bonchev–Trinajstić information content (AvgIpc) is 2.46. The van der Waals surface area contributed by atoms with E-state index in [2.05, 4.69) is 9.97 Å². The van der Waals surface area contributed by atoms with Crippen molar-refractivity contribution in [1.82, 2.24) is 9.97 Å². The van der Waals surface area contributed by atoms with Crippen molar-refractivity contribution in [2.24, 2.45) is 0 Å². The van der Waals surface area contributed by atoms with Gasteiger partial charge in [-0.05, 0) is 42.3 Å². The van der Waals surface area contributed by atoms with E-state index in [-0.39, 0.29) is 0 Å². The zero-order valence-electron chi connectivity index (χ0n) is 10.6. The van der Waals surface area contributed by atoms with E-state index < -0.39 is 6.10 Å². The SMILES string of the molecule is Cc1ccnc(C(O)c2ccc3cccnc3c2)c1. The van der Waals surface area contributed by atoms with Gasteiger partial charge in [0.25, 0.3) is 0 Å². The first-order valence-corrected chi connectivity index (χ1v) is 6.19. The quantitative estimate of drug-likeness (QED) is 0.760. The highest BCUT2D eigenvalue weighted by molar-refractivity contribution is 5.79. The molecule has 3 aromatic rings. The lowest BCUT2D eigenvalue weighted by molar-refractivity contribution is 0.215. The van der Waals surface area contributed by atoms with Crippen LogP contribution >= 0.6 is 0 Å². The van der Waals surface area contributed by atoms with Crippen molar-refractivity contribution in [3.05, 3.63) is 71.7 Å². The molecule has 0 spiro atoms. The van der Waals surface area contributed by atoms with Gasteiger partial charge in [0.2, 0.25) is 0 Å². The summed E-state index contributed by atoms with van der Waals surface area (Å²) >= 11 is 0. The maximum atomic E-state index is 10.4. The topological polar surface area (TPSA) is 46.0 Å². The molecule has 0 amide bonds. The van der Waals surface area contributed by atoms with Crippen LogP contribution in [-0.4, -0.2) is 15.1 Å². The zero-order chi connectivity index (χ0) is 13.2. The number of hydrogen-bond donors (Lipinski definition) is 1. The molecule has 3 rings (SSSR count). The Hall–Kier alpha value is -2.26. The van der Waals surface area contributed by atoms with Gasteiger partial charge in [0.1, 0.15) is 6.10 Å². The van der Waals surface area contributed by atoms with Crippen LogP contribution in [0.4, 0.5) is 0 Å². The number of aryl methyl sites for hydroxylation is 1. The second kappa shape index (κ2) is 4.78. The largest absolute Gasteiger partial charge is 0.382 e. The predicted molar refractivity (Wildman–Crippen MR) is 74.8 cm³/mol. The smallest absolute Gasteiger partial charge is 0.121 e. The molecular formula is C16H14N2O. The normalized spacial score (nSPS) is 12.5. The summed E-state index contributed by atoms with van der Waals surface area (Å²) in [7, 11) is 0. The van der Waals surface area contributed by atoms with Crippen molar-refractivity contribution < 1.29 is 5.11 Å². The average molecular weight is 250 g/mol. The van der Waals surface area contributed by atoms with E-state index in [0.717, 1.165) is 22.0 Å². The summed E-state index contributed by atoms with van der Waals surface area (Å²) in [6.07, 6.45) is 2.75. The summed E-state index contributed by atoms with van der Waals surface area (Å²) in [5.74, 6) is 0. The maximum absolute atomic E-state index is 10.4. The number of pyridine rings is 2. The first-order valence-electron chi connectivity index (χ1n) is 6.19. The molecule has 3 nitrogen and oxygen atoms in total. The molecule has 0 aliphatic heterocycles. The number of aliphatic hydroxyl groups is 1. The van der Waals surface area contributed by atoms with Crippen LogP contribution in [0, 0.1) is 6.92 Å². The highest BCUT2D eigenvalue weighted by Gasteiger charge is 2.12. The number of aliphatic hydroxyl groups excluding tert-OH is 1. The standard InChI is InChI=1S/C16H14N2O/c1-11-6-8-18-15(9-11)16(19)13-5-4-12-3-2-7-17-14(12)10-13/h2-10,16,19H,1H3. The molecule has 19 heavy (non-hydrogen) atoms. The first kappa shape index (κ1) is 11.8. The van der Waals surface area contributed by atoms with Gasteiger partial charge in [-0.2, -0.15) is 0 Å². The highest BCUT2D eigenvalue weighted by Crippen LogP contribution is 2.23. The van der Waals surface area contributed by atoms with Gasteiger partial charge in [-0.1, -0.05) is 18.2 Å². The molecule has 0 fully saturated rings. The van der Waals surface area contributed by atoms with Gasteiger partial charge in [0.05, 0.1) is 11.2 Å². The monoisotopic (exact) mass is 250 g/mol. The van der Waals surface area contributed by atoms with Gasteiger partial charge < -0.3 is 5.11 Å². The minimum atomic E-state index is -0.716. The fraction of sp³-hybridized carbons (Fsp3) is 0.125. The first-order chi connectivity index (χ1) is 9.24. The Labute approximate surface area is 111 Å². The molecule has 2 aromatic heterocycles. The lowest BCUT2D eigenvalue weighted by atomic mass is 10.0. The molecule has 2 heterocycles. The molecule has 0 aliphatic carbocycles.